The van der Waals surface area contributed by atoms with Gasteiger partial charge in [-0.3, -0.25) is 29.0 Å². The molecule has 0 radical (unpaired) electrons. The molecule has 4 N–H and O–H groups in total. The number of fused-ring (bicyclic) bond motifs is 1. The van der Waals surface area contributed by atoms with Gasteiger partial charge in [0.25, 0.3) is 5.91 Å². The normalized spacial score (nSPS) is 20.7. The van der Waals surface area contributed by atoms with Gasteiger partial charge in [0.2, 0.25) is 23.6 Å². The Kier molecular flexibility index (Phi) is 11.5. The van der Waals surface area contributed by atoms with Crippen molar-refractivity contribution in [1.29, 1.82) is 0 Å². The van der Waals surface area contributed by atoms with Crippen LogP contribution in [0.4, 0.5) is 0 Å². The standard InChI is InChI=1S/C32H41N9O5/c1-20(2)17-25-31(45)36-21(3)29-38-28(23-9-6-5-7-10-23)39-41(29)19-26(42)34-13-8-16-40(32(46)24-11-14-33-15-12-24)18-27(43)35-22(4)30(44)37-25/h5-7,9-12,14-15,20-22,25H,8,13,16-19H2,1-4H3,(H,34,42)(H,35,43)(H,36,45)(H,37,44)/t21-,22+,25+/m0/s1. The van der Waals surface area contributed by atoms with E-state index in [1.54, 1.807) is 19.1 Å². The minimum Gasteiger partial charge on any atom is -0.354 e. The number of amides is 5. The molecule has 1 aromatic carbocycles. The molecule has 0 unspecified atom stereocenters. The quantitative estimate of drug-likeness (QED) is 0.332. The van der Waals surface area contributed by atoms with Crippen LogP contribution in [0.2, 0.25) is 0 Å². The Morgan fingerprint density at radius 1 is 0.891 bits per heavy atom. The second kappa shape index (κ2) is 15.7. The number of hydrogen-bond donors (Lipinski definition) is 4. The summed E-state index contributed by atoms with van der Waals surface area (Å²) >= 11 is 0. The molecule has 46 heavy (non-hydrogen) atoms. The second-order valence-corrected chi connectivity index (χ2v) is 11.7. The zero-order valence-corrected chi connectivity index (χ0v) is 26.5. The first-order chi connectivity index (χ1) is 22.0. The molecule has 244 valence electrons. The molecule has 0 saturated carbocycles. The van der Waals surface area contributed by atoms with Crippen LogP contribution in [0.1, 0.15) is 62.8 Å². The van der Waals surface area contributed by atoms with Gasteiger partial charge < -0.3 is 26.2 Å². The van der Waals surface area contributed by atoms with Crippen molar-refractivity contribution in [3.63, 3.8) is 0 Å². The predicted molar refractivity (Wildman–Crippen MR) is 169 cm³/mol. The fourth-order valence-electron chi connectivity index (χ4n) is 5.02. The molecule has 3 aromatic rings. The summed E-state index contributed by atoms with van der Waals surface area (Å²) in [6.45, 7) is 7.01. The fraction of sp³-hybridized carbons (Fsp3) is 0.438. The van der Waals surface area contributed by atoms with Crippen molar-refractivity contribution in [2.24, 2.45) is 5.92 Å². The Balaban J connectivity index is 1.63. The molecule has 14 nitrogen and oxygen atoms in total. The summed E-state index contributed by atoms with van der Waals surface area (Å²) in [4.78, 5) is 76.0. The summed E-state index contributed by atoms with van der Waals surface area (Å²) in [5.74, 6) is -1.45. The lowest BCUT2D eigenvalue weighted by molar-refractivity contribution is -0.132. The lowest BCUT2D eigenvalue weighted by atomic mass is 10.0. The summed E-state index contributed by atoms with van der Waals surface area (Å²) < 4.78 is 1.46. The number of hydrogen-bond acceptors (Lipinski definition) is 8. The SMILES string of the molecule is CC(C)C[C@H]1NC(=O)[C@@H](C)NC(=O)CN(C(=O)c2ccncc2)CCCNC(=O)Cn2nc(-c3ccccc3)nc2[C@H](C)NC1=O. The molecule has 4 rings (SSSR count). The van der Waals surface area contributed by atoms with Crippen LogP contribution in [0.3, 0.4) is 0 Å². The van der Waals surface area contributed by atoms with Crippen molar-refractivity contribution in [1.82, 2.24) is 45.9 Å². The topological polar surface area (TPSA) is 180 Å². The highest BCUT2D eigenvalue weighted by Gasteiger charge is 2.29. The molecule has 5 amide bonds. The van der Waals surface area contributed by atoms with Crippen molar-refractivity contribution in [2.75, 3.05) is 19.6 Å². The summed E-state index contributed by atoms with van der Waals surface area (Å²) in [6.07, 6.45) is 3.66. The molecule has 3 heterocycles. The number of benzene rings is 1. The largest absolute Gasteiger partial charge is 0.354 e. The van der Waals surface area contributed by atoms with E-state index in [4.69, 9.17) is 0 Å². The third kappa shape index (κ3) is 9.19. The van der Waals surface area contributed by atoms with Gasteiger partial charge in [-0.2, -0.15) is 5.10 Å². The lowest BCUT2D eigenvalue weighted by Crippen LogP contribution is -2.54. The predicted octanol–water partition coefficient (Wildman–Crippen LogP) is 1.22. The van der Waals surface area contributed by atoms with Crippen LogP contribution in [-0.4, -0.2) is 85.9 Å². The monoisotopic (exact) mass is 631 g/mol. The first-order valence-electron chi connectivity index (χ1n) is 15.4. The van der Waals surface area contributed by atoms with Crippen LogP contribution < -0.4 is 21.3 Å². The fourth-order valence-corrected chi connectivity index (χ4v) is 5.02. The number of aromatic nitrogens is 4. The van der Waals surface area contributed by atoms with E-state index in [2.05, 4.69) is 36.3 Å². The van der Waals surface area contributed by atoms with E-state index in [9.17, 15) is 24.0 Å². The van der Waals surface area contributed by atoms with E-state index < -0.39 is 41.8 Å². The minimum atomic E-state index is -0.983. The molecule has 0 bridgehead atoms. The number of carbonyl (C=O) groups is 5. The van der Waals surface area contributed by atoms with E-state index in [1.807, 2.05) is 44.2 Å². The van der Waals surface area contributed by atoms with Gasteiger partial charge in [0.1, 0.15) is 24.5 Å². The maximum Gasteiger partial charge on any atom is 0.254 e. The van der Waals surface area contributed by atoms with Gasteiger partial charge in [-0.05, 0) is 44.7 Å². The van der Waals surface area contributed by atoms with Crippen LogP contribution in [0, 0.1) is 5.92 Å². The average molecular weight is 632 g/mol. The number of nitrogens with zero attached hydrogens (tertiary/aromatic N) is 5. The van der Waals surface area contributed by atoms with Gasteiger partial charge in [-0.1, -0.05) is 44.2 Å². The minimum absolute atomic E-state index is 0.0580. The lowest BCUT2D eigenvalue weighted by Gasteiger charge is -2.25. The molecule has 3 atom stereocenters. The van der Waals surface area contributed by atoms with Crippen LogP contribution in [0.5, 0.6) is 0 Å². The highest BCUT2D eigenvalue weighted by Crippen LogP contribution is 2.19. The van der Waals surface area contributed by atoms with Crippen molar-refractivity contribution in [3.05, 3.63) is 66.2 Å². The molecule has 1 aliphatic rings. The Bertz CT molecular complexity index is 1530. The van der Waals surface area contributed by atoms with E-state index in [-0.39, 0.29) is 38.0 Å². The molecule has 2 aromatic heterocycles. The van der Waals surface area contributed by atoms with Crippen molar-refractivity contribution in [2.45, 2.75) is 65.2 Å². The zero-order valence-electron chi connectivity index (χ0n) is 26.5. The van der Waals surface area contributed by atoms with Crippen LogP contribution in [0.15, 0.2) is 54.9 Å². The van der Waals surface area contributed by atoms with E-state index in [0.717, 1.165) is 5.56 Å². The molecule has 0 aliphatic carbocycles. The summed E-state index contributed by atoms with van der Waals surface area (Å²) in [7, 11) is 0. The van der Waals surface area contributed by atoms with Gasteiger partial charge in [0.15, 0.2) is 5.82 Å². The highest BCUT2D eigenvalue weighted by atomic mass is 16.2. The van der Waals surface area contributed by atoms with Crippen molar-refractivity contribution < 1.29 is 24.0 Å². The van der Waals surface area contributed by atoms with Gasteiger partial charge in [-0.15, -0.1) is 0 Å². The molecule has 1 aliphatic heterocycles. The molecular formula is C32H41N9O5. The molecule has 0 fully saturated rings. The van der Waals surface area contributed by atoms with Crippen molar-refractivity contribution in [3.8, 4) is 11.4 Å². The first kappa shape index (κ1) is 33.7. The van der Waals surface area contributed by atoms with Crippen LogP contribution in [-0.2, 0) is 25.7 Å². The summed E-state index contributed by atoms with van der Waals surface area (Å²) in [5.41, 5.74) is 1.09. The first-order valence-corrected chi connectivity index (χ1v) is 15.4. The Morgan fingerprint density at radius 3 is 2.30 bits per heavy atom. The van der Waals surface area contributed by atoms with Crippen LogP contribution in [0.25, 0.3) is 11.4 Å². The van der Waals surface area contributed by atoms with E-state index >= 15 is 0 Å². The molecule has 14 heteroatoms. The van der Waals surface area contributed by atoms with Gasteiger partial charge in [-0.25, -0.2) is 9.67 Å². The van der Waals surface area contributed by atoms with Crippen LogP contribution >= 0.6 is 0 Å². The van der Waals surface area contributed by atoms with Crippen molar-refractivity contribution >= 4 is 29.5 Å². The van der Waals surface area contributed by atoms with Gasteiger partial charge >= 0.3 is 0 Å². The third-order valence-corrected chi connectivity index (χ3v) is 7.36. The summed E-state index contributed by atoms with van der Waals surface area (Å²) in [6, 6.07) is 9.83. The maximum absolute atomic E-state index is 13.5. The van der Waals surface area contributed by atoms with Gasteiger partial charge in [0.05, 0.1) is 12.6 Å². The smallest absolute Gasteiger partial charge is 0.254 e. The molecular weight excluding hydrogens is 590 g/mol. The Hall–Kier alpha value is -5.14. The zero-order chi connectivity index (χ0) is 33.2. The molecule has 0 spiro atoms. The second-order valence-electron chi connectivity index (χ2n) is 11.7. The number of nitrogens with one attached hydrogen (secondary N) is 4. The Morgan fingerprint density at radius 2 is 1.61 bits per heavy atom. The number of pyridine rings is 1. The van der Waals surface area contributed by atoms with E-state index in [1.165, 1.54) is 28.9 Å². The highest BCUT2D eigenvalue weighted by molar-refractivity contribution is 5.97. The average Bonchev–Trinajstić information content (AvgIpc) is 3.45. The molecule has 0 saturated heterocycles. The van der Waals surface area contributed by atoms with E-state index in [0.29, 0.717) is 30.1 Å². The number of rotatable bonds is 4. The summed E-state index contributed by atoms with van der Waals surface area (Å²) in [5, 5.41) is 15.7. The third-order valence-electron chi connectivity index (χ3n) is 7.36. The van der Waals surface area contributed by atoms with Gasteiger partial charge in [0, 0.05) is 36.6 Å². The maximum atomic E-state index is 13.5. The Labute approximate surface area is 267 Å². The number of carbonyl (C=O) groups excluding carboxylic acids is 5.